The van der Waals surface area contributed by atoms with Crippen LogP contribution in [-0.4, -0.2) is 13.7 Å². The van der Waals surface area contributed by atoms with Crippen molar-refractivity contribution >= 4 is 0 Å². The van der Waals surface area contributed by atoms with Crippen molar-refractivity contribution in [3.05, 3.63) is 53.6 Å². The molecule has 1 unspecified atom stereocenters. The van der Waals surface area contributed by atoms with E-state index in [2.05, 4.69) is 37.4 Å². The lowest BCUT2D eigenvalue weighted by Crippen LogP contribution is -2.17. The summed E-state index contributed by atoms with van der Waals surface area (Å²) < 4.78 is 5.42. The van der Waals surface area contributed by atoms with Crippen molar-refractivity contribution in [3.63, 3.8) is 0 Å². The Morgan fingerprint density at radius 2 is 2.05 bits per heavy atom. The molecule has 2 aromatic rings. The third kappa shape index (κ3) is 3.42. The van der Waals surface area contributed by atoms with Gasteiger partial charge in [0.1, 0.15) is 5.75 Å². The SMILES string of the molecule is CCNC(C)c1cccc(-c2cc(C#N)ccc2OC)c1. The zero-order valence-electron chi connectivity index (χ0n) is 12.7. The van der Waals surface area contributed by atoms with Crippen molar-refractivity contribution in [1.82, 2.24) is 5.32 Å². The Bertz CT molecular complexity index is 659. The fraction of sp³-hybridized carbons (Fsp3) is 0.278. The second-order valence-electron chi connectivity index (χ2n) is 4.93. The van der Waals surface area contributed by atoms with Crippen LogP contribution >= 0.6 is 0 Å². The third-order valence-electron chi connectivity index (χ3n) is 3.54. The molecule has 0 bridgehead atoms. The van der Waals surface area contributed by atoms with Gasteiger partial charge < -0.3 is 10.1 Å². The summed E-state index contributed by atoms with van der Waals surface area (Å²) in [5.41, 5.74) is 3.86. The summed E-state index contributed by atoms with van der Waals surface area (Å²) in [6.45, 7) is 5.17. The number of ether oxygens (including phenoxy) is 1. The smallest absolute Gasteiger partial charge is 0.126 e. The first kappa shape index (κ1) is 15.1. The van der Waals surface area contributed by atoms with Crippen molar-refractivity contribution < 1.29 is 4.74 Å². The molecule has 108 valence electrons. The molecule has 0 heterocycles. The van der Waals surface area contributed by atoms with E-state index in [0.29, 0.717) is 11.6 Å². The van der Waals surface area contributed by atoms with Crippen molar-refractivity contribution in [3.8, 4) is 22.9 Å². The lowest BCUT2D eigenvalue weighted by molar-refractivity contribution is 0.416. The fourth-order valence-electron chi connectivity index (χ4n) is 2.40. The maximum atomic E-state index is 9.08. The van der Waals surface area contributed by atoms with Crippen LogP contribution in [0.25, 0.3) is 11.1 Å². The van der Waals surface area contributed by atoms with Crippen LogP contribution in [0.4, 0.5) is 0 Å². The summed E-state index contributed by atoms with van der Waals surface area (Å²) in [5, 5.41) is 12.5. The highest BCUT2D eigenvalue weighted by Crippen LogP contribution is 2.32. The van der Waals surface area contributed by atoms with Gasteiger partial charge in [0, 0.05) is 11.6 Å². The van der Waals surface area contributed by atoms with Gasteiger partial charge in [-0.2, -0.15) is 5.26 Å². The summed E-state index contributed by atoms with van der Waals surface area (Å²) in [6, 6.07) is 16.3. The maximum Gasteiger partial charge on any atom is 0.126 e. The highest BCUT2D eigenvalue weighted by Gasteiger charge is 2.10. The monoisotopic (exact) mass is 280 g/mol. The number of methoxy groups -OCH3 is 1. The van der Waals surface area contributed by atoms with E-state index in [0.717, 1.165) is 23.4 Å². The molecule has 1 N–H and O–H groups in total. The maximum absolute atomic E-state index is 9.08. The van der Waals surface area contributed by atoms with E-state index < -0.39 is 0 Å². The number of benzene rings is 2. The van der Waals surface area contributed by atoms with Crippen LogP contribution in [0.2, 0.25) is 0 Å². The van der Waals surface area contributed by atoms with Gasteiger partial charge in [0.2, 0.25) is 0 Å². The van der Waals surface area contributed by atoms with Gasteiger partial charge in [-0.15, -0.1) is 0 Å². The Morgan fingerprint density at radius 1 is 1.24 bits per heavy atom. The molecule has 0 radical (unpaired) electrons. The van der Waals surface area contributed by atoms with Crippen LogP contribution < -0.4 is 10.1 Å². The minimum absolute atomic E-state index is 0.292. The topological polar surface area (TPSA) is 45.0 Å². The second-order valence-corrected chi connectivity index (χ2v) is 4.93. The van der Waals surface area contributed by atoms with Crippen LogP contribution in [0.5, 0.6) is 5.75 Å². The largest absolute Gasteiger partial charge is 0.496 e. The Balaban J connectivity index is 2.47. The van der Waals surface area contributed by atoms with Crippen molar-refractivity contribution in [1.29, 1.82) is 5.26 Å². The van der Waals surface area contributed by atoms with Crippen LogP contribution in [0.1, 0.15) is 31.0 Å². The number of rotatable bonds is 5. The summed E-state index contributed by atoms with van der Waals surface area (Å²) in [6.07, 6.45) is 0. The van der Waals surface area contributed by atoms with Gasteiger partial charge in [-0.1, -0.05) is 25.1 Å². The van der Waals surface area contributed by atoms with Gasteiger partial charge in [-0.3, -0.25) is 0 Å². The third-order valence-corrected chi connectivity index (χ3v) is 3.54. The van der Waals surface area contributed by atoms with Crippen LogP contribution in [0.15, 0.2) is 42.5 Å². The number of nitrogens with zero attached hydrogens (tertiary/aromatic N) is 1. The quantitative estimate of drug-likeness (QED) is 0.903. The highest BCUT2D eigenvalue weighted by molar-refractivity contribution is 5.72. The average Bonchev–Trinajstić information content (AvgIpc) is 2.54. The lowest BCUT2D eigenvalue weighted by atomic mass is 9.98. The zero-order valence-corrected chi connectivity index (χ0v) is 12.7. The highest BCUT2D eigenvalue weighted by atomic mass is 16.5. The first-order chi connectivity index (χ1) is 10.2. The first-order valence-corrected chi connectivity index (χ1v) is 7.11. The van der Waals surface area contributed by atoms with Crippen molar-refractivity contribution in [2.45, 2.75) is 19.9 Å². The standard InChI is InChI=1S/C18H20N2O/c1-4-20-13(2)15-6-5-7-16(11-15)17-10-14(12-19)8-9-18(17)21-3/h5-11,13,20H,4H2,1-3H3. The molecular weight excluding hydrogens is 260 g/mol. The molecule has 0 amide bonds. The molecular formula is C18H20N2O. The van der Waals surface area contributed by atoms with Crippen LogP contribution in [-0.2, 0) is 0 Å². The normalized spacial score (nSPS) is 11.7. The number of nitrogens with one attached hydrogen (secondary N) is 1. The van der Waals surface area contributed by atoms with E-state index in [4.69, 9.17) is 10.00 Å². The van der Waals surface area contributed by atoms with Crippen molar-refractivity contribution in [2.75, 3.05) is 13.7 Å². The molecule has 2 aromatic carbocycles. The molecule has 0 fully saturated rings. The molecule has 3 nitrogen and oxygen atoms in total. The summed E-state index contributed by atoms with van der Waals surface area (Å²) in [4.78, 5) is 0. The Hall–Kier alpha value is -2.31. The van der Waals surface area contributed by atoms with E-state index in [-0.39, 0.29) is 0 Å². The molecule has 0 saturated carbocycles. The van der Waals surface area contributed by atoms with Gasteiger partial charge in [0.05, 0.1) is 18.7 Å². The fourth-order valence-corrected chi connectivity index (χ4v) is 2.40. The number of hydrogen-bond donors (Lipinski definition) is 1. The Kier molecular flexibility index (Phi) is 4.97. The minimum atomic E-state index is 0.292. The van der Waals surface area contributed by atoms with Gasteiger partial charge in [0.25, 0.3) is 0 Å². The molecule has 0 saturated heterocycles. The number of hydrogen-bond acceptors (Lipinski definition) is 3. The Morgan fingerprint density at radius 3 is 2.71 bits per heavy atom. The zero-order chi connectivity index (χ0) is 15.2. The summed E-state index contributed by atoms with van der Waals surface area (Å²) in [7, 11) is 1.65. The molecule has 21 heavy (non-hydrogen) atoms. The lowest BCUT2D eigenvalue weighted by Gasteiger charge is -2.15. The van der Waals surface area contributed by atoms with Gasteiger partial charge in [0.15, 0.2) is 0 Å². The first-order valence-electron chi connectivity index (χ1n) is 7.11. The molecule has 0 aliphatic rings. The van der Waals surface area contributed by atoms with E-state index in [1.807, 2.05) is 24.3 Å². The second kappa shape index (κ2) is 6.92. The molecule has 0 spiro atoms. The van der Waals surface area contributed by atoms with E-state index >= 15 is 0 Å². The van der Waals surface area contributed by atoms with Gasteiger partial charge in [-0.25, -0.2) is 0 Å². The molecule has 2 rings (SSSR count). The predicted octanol–water partition coefficient (Wildman–Crippen LogP) is 3.90. The predicted molar refractivity (Wildman–Crippen MR) is 85.2 cm³/mol. The van der Waals surface area contributed by atoms with Crippen LogP contribution in [0, 0.1) is 11.3 Å². The van der Waals surface area contributed by atoms with Gasteiger partial charge >= 0.3 is 0 Å². The molecule has 3 heteroatoms. The Labute approximate surface area is 126 Å². The van der Waals surface area contributed by atoms with E-state index in [1.54, 1.807) is 13.2 Å². The van der Waals surface area contributed by atoms with E-state index in [9.17, 15) is 0 Å². The molecule has 0 aliphatic carbocycles. The average molecular weight is 280 g/mol. The molecule has 0 aliphatic heterocycles. The minimum Gasteiger partial charge on any atom is -0.496 e. The number of nitriles is 1. The van der Waals surface area contributed by atoms with Crippen LogP contribution in [0.3, 0.4) is 0 Å². The molecule has 1 atom stereocenters. The van der Waals surface area contributed by atoms with E-state index in [1.165, 1.54) is 5.56 Å². The summed E-state index contributed by atoms with van der Waals surface area (Å²) >= 11 is 0. The molecule has 0 aromatic heterocycles. The van der Waals surface area contributed by atoms with Gasteiger partial charge in [-0.05, 0) is 48.9 Å². The van der Waals surface area contributed by atoms with Crippen molar-refractivity contribution in [2.24, 2.45) is 0 Å². The summed E-state index contributed by atoms with van der Waals surface area (Å²) in [5.74, 6) is 0.780.